The molecule has 0 aliphatic carbocycles. The third-order valence-electron chi connectivity index (χ3n) is 4.88. The molecule has 2 amide bonds. The van der Waals surface area contributed by atoms with Crippen LogP contribution in [0.1, 0.15) is 23.8 Å². The number of amides is 2. The Morgan fingerprint density at radius 2 is 1.90 bits per heavy atom. The van der Waals surface area contributed by atoms with Crippen molar-refractivity contribution in [2.24, 2.45) is 4.99 Å². The van der Waals surface area contributed by atoms with Crippen molar-refractivity contribution in [1.29, 1.82) is 0 Å². The normalized spacial score (nSPS) is 13.5. The number of anilines is 2. The fourth-order valence-corrected chi connectivity index (χ4v) is 4.79. The topological polar surface area (TPSA) is 61.8 Å². The molecule has 30 heavy (non-hydrogen) atoms. The molecule has 1 aliphatic rings. The zero-order valence-electron chi connectivity index (χ0n) is 16.4. The minimum atomic E-state index is -0.235. The number of nitrogens with zero attached hydrogens (tertiary/aromatic N) is 2. The number of benzene rings is 2. The second kappa shape index (κ2) is 8.93. The van der Waals surface area contributed by atoms with Gasteiger partial charge in [0.1, 0.15) is 6.54 Å². The summed E-state index contributed by atoms with van der Waals surface area (Å²) >= 11 is 5.01. The number of fused-ring (bicyclic) bond motifs is 1. The van der Waals surface area contributed by atoms with Crippen LogP contribution in [0.3, 0.4) is 0 Å². The van der Waals surface area contributed by atoms with E-state index in [4.69, 9.17) is 4.99 Å². The van der Waals surface area contributed by atoms with Crippen LogP contribution in [0.4, 0.5) is 17.1 Å². The van der Waals surface area contributed by atoms with Gasteiger partial charge in [0.25, 0.3) is 0 Å². The number of para-hydroxylation sites is 3. The number of rotatable bonds is 5. The maximum atomic E-state index is 13.1. The average molecular weight is 482 g/mol. The van der Waals surface area contributed by atoms with Crippen LogP contribution in [0.2, 0.25) is 0 Å². The fourth-order valence-electron chi connectivity index (χ4n) is 3.41. The number of hydrogen-bond donors (Lipinski definition) is 1. The quantitative estimate of drug-likeness (QED) is 0.517. The van der Waals surface area contributed by atoms with E-state index in [0.717, 1.165) is 26.3 Å². The molecular formula is C23H20BrN3O2S. The summed E-state index contributed by atoms with van der Waals surface area (Å²) in [6, 6.07) is 19.0. The number of aliphatic imine (C=N–C) groups is 1. The van der Waals surface area contributed by atoms with Gasteiger partial charge in [-0.1, -0.05) is 37.3 Å². The summed E-state index contributed by atoms with van der Waals surface area (Å²) in [4.78, 5) is 33.2. The van der Waals surface area contributed by atoms with Gasteiger partial charge in [-0.3, -0.25) is 9.59 Å². The Morgan fingerprint density at radius 3 is 2.67 bits per heavy atom. The van der Waals surface area contributed by atoms with Gasteiger partial charge in [-0.2, -0.15) is 0 Å². The summed E-state index contributed by atoms with van der Waals surface area (Å²) < 4.78 is 0.982. The van der Waals surface area contributed by atoms with Gasteiger partial charge in [0.15, 0.2) is 0 Å². The molecule has 0 saturated carbocycles. The smallest absolute Gasteiger partial charge is 0.244 e. The van der Waals surface area contributed by atoms with Crippen LogP contribution in [0.5, 0.6) is 0 Å². The Balaban J connectivity index is 1.60. The van der Waals surface area contributed by atoms with Gasteiger partial charge in [-0.15, -0.1) is 11.3 Å². The molecule has 0 bridgehead atoms. The summed E-state index contributed by atoms with van der Waals surface area (Å²) in [5.74, 6) is -0.386. The molecular weight excluding hydrogens is 462 g/mol. The Morgan fingerprint density at radius 1 is 1.13 bits per heavy atom. The molecule has 7 heteroatoms. The van der Waals surface area contributed by atoms with E-state index in [1.54, 1.807) is 0 Å². The zero-order chi connectivity index (χ0) is 21.1. The van der Waals surface area contributed by atoms with Gasteiger partial charge in [0.2, 0.25) is 11.8 Å². The highest BCUT2D eigenvalue weighted by atomic mass is 79.9. The molecule has 2 aromatic carbocycles. The van der Waals surface area contributed by atoms with Crippen LogP contribution in [-0.2, 0) is 16.0 Å². The molecule has 4 rings (SSSR count). The molecule has 1 aromatic heterocycles. The molecule has 0 spiro atoms. The van der Waals surface area contributed by atoms with Crippen molar-refractivity contribution in [3.63, 3.8) is 0 Å². The van der Waals surface area contributed by atoms with Gasteiger partial charge >= 0.3 is 0 Å². The molecule has 1 aliphatic heterocycles. The van der Waals surface area contributed by atoms with Crippen LogP contribution in [0.25, 0.3) is 0 Å². The number of carbonyl (C=O) groups is 2. The van der Waals surface area contributed by atoms with Crippen molar-refractivity contribution < 1.29 is 9.59 Å². The van der Waals surface area contributed by atoms with E-state index < -0.39 is 0 Å². The summed E-state index contributed by atoms with van der Waals surface area (Å²) in [6.07, 6.45) is 0.954. The second-order valence-electron chi connectivity index (χ2n) is 6.87. The second-order valence-corrected chi connectivity index (χ2v) is 9.33. The van der Waals surface area contributed by atoms with Crippen LogP contribution in [0.15, 0.2) is 69.4 Å². The summed E-state index contributed by atoms with van der Waals surface area (Å²) in [6.45, 7) is 1.98. The van der Waals surface area contributed by atoms with Gasteiger partial charge in [-0.25, -0.2) is 4.99 Å². The highest BCUT2D eigenvalue weighted by molar-refractivity contribution is 9.11. The maximum Gasteiger partial charge on any atom is 0.244 e. The molecule has 3 aromatic rings. The number of thiophene rings is 1. The van der Waals surface area contributed by atoms with Crippen molar-refractivity contribution in [2.45, 2.75) is 19.8 Å². The number of nitrogens with one attached hydrogen (secondary N) is 1. The van der Waals surface area contributed by atoms with Gasteiger partial charge in [-0.05, 0) is 58.2 Å². The van der Waals surface area contributed by atoms with E-state index in [9.17, 15) is 9.59 Å². The lowest BCUT2D eigenvalue weighted by Crippen LogP contribution is -2.38. The van der Waals surface area contributed by atoms with E-state index in [0.29, 0.717) is 17.1 Å². The lowest BCUT2D eigenvalue weighted by molar-refractivity contribution is -0.120. The van der Waals surface area contributed by atoms with Crippen molar-refractivity contribution in [3.8, 4) is 0 Å². The highest BCUT2D eigenvalue weighted by Crippen LogP contribution is 2.34. The predicted octanol–water partition coefficient (Wildman–Crippen LogP) is 5.57. The Kier molecular flexibility index (Phi) is 6.11. The van der Waals surface area contributed by atoms with Crippen LogP contribution in [-0.4, -0.2) is 24.1 Å². The average Bonchev–Trinajstić information content (AvgIpc) is 3.13. The monoisotopic (exact) mass is 481 g/mol. The molecule has 152 valence electrons. The third kappa shape index (κ3) is 4.37. The minimum absolute atomic E-state index is 0.0647. The highest BCUT2D eigenvalue weighted by Gasteiger charge is 2.27. The van der Waals surface area contributed by atoms with E-state index >= 15 is 0 Å². The Bertz CT molecular complexity index is 1140. The minimum Gasteiger partial charge on any atom is -0.324 e. The lowest BCUT2D eigenvalue weighted by Gasteiger charge is -2.22. The summed E-state index contributed by atoms with van der Waals surface area (Å²) in [5.41, 5.74) is 3.88. The summed E-state index contributed by atoms with van der Waals surface area (Å²) in [5, 5.41) is 2.95. The van der Waals surface area contributed by atoms with Crippen molar-refractivity contribution in [1.82, 2.24) is 0 Å². The number of hydrogen-bond acceptors (Lipinski definition) is 4. The molecule has 0 atom stereocenters. The largest absolute Gasteiger partial charge is 0.324 e. The third-order valence-corrected chi connectivity index (χ3v) is 6.55. The fraction of sp³-hybridized carbons (Fsp3) is 0.174. The Labute approximate surface area is 187 Å². The van der Waals surface area contributed by atoms with Gasteiger partial charge < -0.3 is 10.2 Å². The number of aryl methyl sites for hydroxylation is 1. The SMILES string of the molecule is CCc1ccccc1NC(=O)CN1C(=O)CC(c2ccc(Br)s2)=Nc2ccccc21. The zero-order valence-corrected chi connectivity index (χ0v) is 18.8. The van der Waals surface area contributed by atoms with Crippen LogP contribution in [0, 0.1) is 0 Å². The van der Waals surface area contributed by atoms with Crippen molar-refractivity contribution in [3.05, 3.63) is 74.9 Å². The Hall–Kier alpha value is -2.77. The van der Waals surface area contributed by atoms with Crippen molar-refractivity contribution in [2.75, 3.05) is 16.8 Å². The molecule has 0 unspecified atom stereocenters. The molecule has 1 N–H and O–H groups in total. The predicted molar refractivity (Wildman–Crippen MR) is 126 cm³/mol. The summed E-state index contributed by atoms with van der Waals surface area (Å²) in [7, 11) is 0. The van der Waals surface area contributed by atoms with Crippen LogP contribution < -0.4 is 10.2 Å². The maximum absolute atomic E-state index is 13.1. The first kappa shape index (κ1) is 20.5. The molecule has 2 heterocycles. The van der Waals surface area contributed by atoms with E-state index in [1.807, 2.05) is 67.6 Å². The molecule has 5 nitrogen and oxygen atoms in total. The lowest BCUT2D eigenvalue weighted by atomic mass is 10.1. The van der Waals surface area contributed by atoms with Gasteiger partial charge in [0, 0.05) is 5.69 Å². The van der Waals surface area contributed by atoms with Crippen LogP contribution >= 0.6 is 27.3 Å². The van der Waals surface area contributed by atoms with E-state index in [1.165, 1.54) is 16.2 Å². The van der Waals surface area contributed by atoms with Gasteiger partial charge in [0.05, 0.1) is 32.2 Å². The van der Waals surface area contributed by atoms with E-state index in [2.05, 4.69) is 21.2 Å². The first-order valence-electron chi connectivity index (χ1n) is 9.65. The molecule has 0 saturated heterocycles. The molecule has 0 radical (unpaired) electrons. The number of halogens is 1. The first-order valence-corrected chi connectivity index (χ1v) is 11.3. The van der Waals surface area contributed by atoms with Crippen molar-refractivity contribution >= 4 is 61.9 Å². The van der Waals surface area contributed by atoms with E-state index in [-0.39, 0.29) is 24.8 Å². The number of carbonyl (C=O) groups excluding carboxylic acids is 2. The molecule has 0 fully saturated rings. The first-order chi connectivity index (χ1) is 14.5. The standard InChI is InChI=1S/C23H20BrN3O2S/c1-2-15-7-3-4-8-16(15)26-22(28)14-27-19-10-6-5-9-17(19)25-18(13-23(27)29)20-11-12-21(24)30-20/h3-12H,2,13-14H2,1H3,(H,26,28).